The third-order valence-electron chi connectivity index (χ3n) is 5.18. The topological polar surface area (TPSA) is 45.2 Å². The van der Waals surface area contributed by atoms with Gasteiger partial charge < -0.3 is 5.32 Å². The molecule has 26 heavy (non-hydrogen) atoms. The largest absolute Gasteiger partial charge is 0.302 e. The van der Waals surface area contributed by atoms with Crippen molar-refractivity contribution < 1.29 is 4.79 Å². The van der Waals surface area contributed by atoms with Gasteiger partial charge in [0.15, 0.2) is 5.13 Å². The molecule has 1 aliphatic rings. The number of nitrogens with one attached hydrogen (secondary N) is 1. The minimum atomic E-state index is 0.0395. The van der Waals surface area contributed by atoms with E-state index in [1.807, 2.05) is 0 Å². The molecule has 5 heteroatoms. The van der Waals surface area contributed by atoms with E-state index in [1.54, 1.807) is 0 Å². The number of rotatable bonds is 6. The average Bonchev–Trinajstić information content (AvgIpc) is 3.03. The molecule has 1 aliphatic heterocycles. The van der Waals surface area contributed by atoms with Gasteiger partial charge in [-0.15, -0.1) is 11.3 Å². The van der Waals surface area contributed by atoms with Gasteiger partial charge in [0.25, 0.3) is 0 Å². The lowest BCUT2D eigenvalue weighted by molar-refractivity contribution is -0.116. The Morgan fingerprint density at radius 3 is 2.81 bits per heavy atom. The number of thiazole rings is 1. The Kier molecular flexibility index (Phi) is 6.43. The number of likely N-dealkylation sites (tertiary alicyclic amines) is 1. The van der Waals surface area contributed by atoms with Gasteiger partial charge in [-0.3, -0.25) is 9.69 Å². The van der Waals surface area contributed by atoms with Crippen molar-refractivity contribution in [1.29, 1.82) is 0 Å². The second kappa shape index (κ2) is 8.78. The number of anilines is 1. The van der Waals surface area contributed by atoms with E-state index in [0.29, 0.717) is 6.42 Å². The maximum atomic E-state index is 12.2. The Bertz CT molecular complexity index is 747. The molecule has 1 N–H and O–H groups in total. The van der Waals surface area contributed by atoms with E-state index in [0.717, 1.165) is 42.8 Å². The van der Waals surface area contributed by atoms with Crippen molar-refractivity contribution in [2.45, 2.75) is 53.0 Å². The fourth-order valence-electron chi connectivity index (χ4n) is 3.44. The zero-order valence-electron chi connectivity index (χ0n) is 16.0. The van der Waals surface area contributed by atoms with Gasteiger partial charge in [-0.05, 0) is 63.2 Å². The predicted molar refractivity (Wildman–Crippen MR) is 109 cm³/mol. The monoisotopic (exact) mass is 371 g/mol. The van der Waals surface area contributed by atoms with Crippen LogP contribution in [0.3, 0.4) is 0 Å². The van der Waals surface area contributed by atoms with E-state index in [-0.39, 0.29) is 5.91 Å². The summed E-state index contributed by atoms with van der Waals surface area (Å²) in [6.45, 7) is 9.71. The number of hydrogen-bond donors (Lipinski definition) is 1. The molecule has 0 atom stereocenters. The quantitative estimate of drug-likeness (QED) is 0.809. The average molecular weight is 372 g/mol. The second-order valence-corrected chi connectivity index (χ2v) is 8.44. The molecular weight excluding hydrogens is 342 g/mol. The smallest absolute Gasteiger partial charge is 0.226 e. The molecule has 0 unspecified atom stereocenters. The summed E-state index contributed by atoms with van der Waals surface area (Å²) in [6.07, 6.45) is 3.79. The standard InChI is InChI=1S/C21H29N3OS/c1-15-8-10-24(11-9-15)13-19-14-26-21(22-19)23-20(25)7-6-18-5-4-16(2)12-17(18)3/h4-5,12,14-15H,6-11,13H2,1-3H3,(H,22,23,25). The summed E-state index contributed by atoms with van der Waals surface area (Å²) >= 11 is 1.52. The van der Waals surface area contributed by atoms with Crippen molar-refractivity contribution in [3.63, 3.8) is 0 Å². The van der Waals surface area contributed by atoms with E-state index >= 15 is 0 Å². The van der Waals surface area contributed by atoms with Crippen LogP contribution in [0.4, 0.5) is 5.13 Å². The highest BCUT2D eigenvalue weighted by Crippen LogP contribution is 2.21. The van der Waals surface area contributed by atoms with Crippen LogP contribution in [0.25, 0.3) is 0 Å². The molecule has 2 heterocycles. The molecule has 3 rings (SSSR count). The van der Waals surface area contributed by atoms with Crippen molar-refractivity contribution in [2.75, 3.05) is 18.4 Å². The van der Waals surface area contributed by atoms with Gasteiger partial charge in [-0.2, -0.15) is 0 Å². The number of aromatic nitrogens is 1. The van der Waals surface area contributed by atoms with Crippen LogP contribution in [-0.2, 0) is 17.8 Å². The second-order valence-electron chi connectivity index (χ2n) is 7.58. The van der Waals surface area contributed by atoms with Crippen LogP contribution in [-0.4, -0.2) is 28.9 Å². The summed E-state index contributed by atoms with van der Waals surface area (Å²) in [4.78, 5) is 19.3. The number of aryl methyl sites for hydroxylation is 3. The lowest BCUT2D eigenvalue weighted by Crippen LogP contribution is -2.32. The molecule has 1 aromatic carbocycles. The van der Waals surface area contributed by atoms with E-state index in [9.17, 15) is 4.79 Å². The Labute approximate surface area is 160 Å². The van der Waals surface area contributed by atoms with Crippen LogP contribution in [0.15, 0.2) is 23.6 Å². The molecular formula is C21H29N3OS. The van der Waals surface area contributed by atoms with Gasteiger partial charge >= 0.3 is 0 Å². The van der Waals surface area contributed by atoms with Crippen molar-refractivity contribution >= 4 is 22.4 Å². The Balaban J connectivity index is 1.46. The zero-order chi connectivity index (χ0) is 18.5. The molecule has 1 aromatic heterocycles. The van der Waals surface area contributed by atoms with Crippen LogP contribution in [0.2, 0.25) is 0 Å². The molecule has 0 bridgehead atoms. The fraction of sp³-hybridized carbons (Fsp3) is 0.524. The minimum Gasteiger partial charge on any atom is -0.302 e. The number of piperidine rings is 1. The molecule has 0 radical (unpaired) electrons. The highest BCUT2D eigenvalue weighted by atomic mass is 32.1. The first-order valence-corrected chi connectivity index (χ1v) is 10.4. The number of amides is 1. The summed E-state index contributed by atoms with van der Waals surface area (Å²) in [5, 5.41) is 5.74. The molecule has 0 spiro atoms. The van der Waals surface area contributed by atoms with Crippen LogP contribution < -0.4 is 5.32 Å². The molecule has 0 saturated carbocycles. The van der Waals surface area contributed by atoms with Gasteiger partial charge in [0.05, 0.1) is 5.69 Å². The molecule has 140 valence electrons. The maximum absolute atomic E-state index is 12.2. The Morgan fingerprint density at radius 1 is 1.31 bits per heavy atom. The first-order chi connectivity index (χ1) is 12.5. The fourth-order valence-corrected chi connectivity index (χ4v) is 4.16. The SMILES string of the molecule is Cc1ccc(CCC(=O)Nc2nc(CN3CCC(C)CC3)cs2)c(C)c1. The van der Waals surface area contributed by atoms with Crippen molar-refractivity contribution in [2.24, 2.45) is 5.92 Å². The number of carbonyl (C=O) groups is 1. The van der Waals surface area contributed by atoms with E-state index in [1.165, 1.54) is 40.9 Å². The molecule has 1 fully saturated rings. The van der Waals surface area contributed by atoms with Crippen LogP contribution >= 0.6 is 11.3 Å². The van der Waals surface area contributed by atoms with Gasteiger partial charge in [0.2, 0.25) is 5.91 Å². The third-order valence-corrected chi connectivity index (χ3v) is 5.99. The van der Waals surface area contributed by atoms with Crippen molar-refractivity contribution in [3.05, 3.63) is 46.0 Å². The lowest BCUT2D eigenvalue weighted by atomic mass is 9.99. The van der Waals surface area contributed by atoms with Crippen LogP contribution in [0.5, 0.6) is 0 Å². The summed E-state index contributed by atoms with van der Waals surface area (Å²) < 4.78 is 0. The minimum absolute atomic E-state index is 0.0395. The number of carbonyl (C=O) groups excluding carboxylic acids is 1. The third kappa shape index (κ3) is 5.39. The van der Waals surface area contributed by atoms with E-state index in [4.69, 9.17) is 0 Å². The van der Waals surface area contributed by atoms with Crippen LogP contribution in [0.1, 0.15) is 48.6 Å². The van der Waals surface area contributed by atoms with Gasteiger partial charge in [0, 0.05) is 18.3 Å². The lowest BCUT2D eigenvalue weighted by Gasteiger charge is -2.29. The first kappa shape index (κ1) is 19.1. The molecule has 0 aliphatic carbocycles. The van der Waals surface area contributed by atoms with Gasteiger partial charge in [-0.25, -0.2) is 4.98 Å². The molecule has 1 saturated heterocycles. The Hall–Kier alpha value is -1.72. The summed E-state index contributed by atoms with van der Waals surface area (Å²) in [5.41, 5.74) is 4.82. The van der Waals surface area contributed by atoms with E-state index < -0.39 is 0 Å². The highest BCUT2D eigenvalue weighted by molar-refractivity contribution is 7.13. The summed E-state index contributed by atoms with van der Waals surface area (Å²) in [5.74, 6) is 0.881. The molecule has 2 aromatic rings. The van der Waals surface area contributed by atoms with Crippen molar-refractivity contribution in [3.8, 4) is 0 Å². The molecule has 1 amide bonds. The van der Waals surface area contributed by atoms with Crippen LogP contribution in [0, 0.1) is 19.8 Å². The van der Waals surface area contributed by atoms with Gasteiger partial charge in [-0.1, -0.05) is 30.7 Å². The predicted octanol–water partition coefficient (Wildman–Crippen LogP) is 4.56. The maximum Gasteiger partial charge on any atom is 0.226 e. The van der Waals surface area contributed by atoms with E-state index in [2.05, 4.69) is 59.6 Å². The normalized spacial score (nSPS) is 16.0. The first-order valence-electron chi connectivity index (χ1n) is 9.52. The number of hydrogen-bond acceptors (Lipinski definition) is 4. The Morgan fingerprint density at radius 2 is 2.08 bits per heavy atom. The number of benzene rings is 1. The number of nitrogens with zero attached hydrogens (tertiary/aromatic N) is 2. The zero-order valence-corrected chi connectivity index (χ0v) is 16.9. The van der Waals surface area contributed by atoms with Crippen molar-refractivity contribution in [1.82, 2.24) is 9.88 Å². The summed E-state index contributed by atoms with van der Waals surface area (Å²) in [7, 11) is 0. The highest BCUT2D eigenvalue weighted by Gasteiger charge is 2.17. The molecule has 4 nitrogen and oxygen atoms in total. The van der Waals surface area contributed by atoms with Gasteiger partial charge in [0.1, 0.15) is 0 Å². The summed E-state index contributed by atoms with van der Waals surface area (Å²) in [6, 6.07) is 6.40.